The van der Waals surface area contributed by atoms with E-state index in [0.29, 0.717) is 0 Å². The zero-order chi connectivity index (χ0) is 33.1. The van der Waals surface area contributed by atoms with Gasteiger partial charge in [-0.05, 0) is 137 Å². The molecule has 11 rings (SSSR count). The Labute approximate surface area is 290 Å². The van der Waals surface area contributed by atoms with Gasteiger partial charge in [-0.2, -0.15) is 0 Å². The topological polar surface area (TPSA) is 13.1 Å². The fourth-order valence-electron chi connectivity index (χ4n) is 9.28. The van der Waals surface area contributed by atoms with Crippen LogP contribution in [0.15, 0.2) is 138 Å². The van der Waals surface area contributed by atoms with E-state index in [1.165, 1.54) is 98.0 Å². The molecule has 1 aromatic heterocycles. The van der Waals surface area contributed by atoms with E-state index in [2.05, 4.69) is 153 Å². The fraction of sp³-hybridized carbons (Fsp3) is 0.102. The number of fused-ring (bicyclic) bond motifs is 10. The van der Waals surface area contributed by atoms with Crippen LogP contribution in [0.3, 0.4) is 0 Å². The molecular weight excluding hydrogens is 605 g/mol. The van der Waals surface area contributed by atoms with Gasteiger partial charge < -0.3 is 4.42 Å². The lowest BCUT2D eigenvalue weighted by atomic mass is 9.81. The van der Waals surface area contributed by atoms with E-state index in [1.54, 1.807) is 0 Å². The van der Waals surface area contributed by atoms with Crippen LogP contribution in [0.2, 0.25) is 0 Å². The van der Waals surface area contributed by atoms with Crippen LogP contribution in [0.25, 0.3) is 99.8 Å². The van der Waals surface area contributed by atoms with Crippen molar-refractivity contribution in [2.75, 3.05) is 0 Å². The van der Waals surface area contributed by atoms with Crippen molar-refractivity contribution in [1.82, 2.24) is 0 Å². The van der Waals surface area contributed by atoms with E-state index in [0.717, 1.165) is 24.0 Å². The Morgan fingerprint density at radius 1 is 0.440 bits per heavy atom. The SMILES string of the molecule is CC1(C)c2ccc(-c3c4c(c(-c5cccc6ccccc56)c5ccccc35)=CCCC=4)cc2-c2cc3cc4oc5ccccc5c4cc3cc21. The first-order valence-electron chi connectivity index (χ1n) is 17.8. The molecule has 50 heavy (non-hydrogen) atoms. The van der Waals surface area contributed by atoms with Crippen molar-refractivity contribution in [1.29, 1.82) is 0 Å². The molecule has 8 aromatic carbocycles. The highest BCUT2D eigenvalue weighted by Crippen LogP contribution is 2.51. The molecule has 9 aromatic rings. The lowest BCUT2D eigenvalue weighted by Crippen LogP contribution is -2.31. The minimum atomic E-state index is -0.107. The molecule has 1 nitrogen and oxygen atoms in total. The largest absolute Gasteiger partial charge is 0.456 e. The molecule has 0 aliphatic heterocycles. The molecule has 0 N–H and O–H groups in total. The summed E-state index contributed by atoms with van der Waals surface area (Å²) in [5.74, 6) is 0. The number of rotatable bonds is 2. The molecular formula is C49H34O. The molecule has 1 heteroatoms. The Hall–Kier alpha value is -5.92. The van der Waals surface area contributed by atoms with E-state index in [9.17, 15) is 0 Å². The zero-order valence-corrected chi connectivity index (χ0v) is 28.2. The second-order valence-electron chi connectivity index (χ2n) is 14.7. The summed E-state index contributed by atoms with van der Waals surface area (Å²) < 4.78 is 6.32. The number of furan rings is 1. The van der Waals surface area contributed by atoms with Gasteiger partial charge in [0.25, 0.3) is 0 Å². The maximum Gasteiger partial charge on any atom is 0.136 e. The molecule has 0 saturated heterocycles. The van der Waals surface area contributed by atoms with Gasteiger partial charge in [0, 0.05) is 16.2 Å². The first-order chi connectivity index (χ1) is 24.5. The first-order valence-corrected chi connectivity index (χ1v) is 17.8. The molecule has 0 atom stereocenters. The number of para-hydroxylation sites is 1. The van der Waals surface area contributed by atoms with Crippen molar-refractivity contribution < 1.29 is 4.42 Å². The van der Waals surface area contributed by atoms with E-state index >= 15 is 0 Å². The Bertz CT molecular complexity index is 3060. The van der Waals surface area contributed by atoms with Crippen LogP contribution in [-0.4, -0.2) is 0 Å². The monoisotopic (exact) mass is 638 g/mol. The summed E-state index contributed by atoms with van der Waals surface area (Å²) in [6, 6.07) is 49.6. The van der Waals surface area contributed by atoms with E-state index in [-0.39, 0.29) is 5.41 Å². The smallest absolute Gasteiger partial charge is 0.136 e. The van der Waals surface area contributed by atoms with Gasteiger partial charge in [-0.25, -0.2) is 0 Å². The molecule has 0 saturated carbocycles. The van der Waals surface area contributed by atoms with E-state index in [1.807, 2.05) is 6.07 Å². The van der Waals surface area contributed by atoms with Crippen molar-refractivity contribution in [3.05, 3.63) is 155 Å². The molecule has 0 radical (unpaired) electrons. The summed E-state index contributed by atoms with van der Waals surface area (Å²) in [5.41, 5.74) is 12.5. The van der Waals surface area contributed by atoms with Crippen molar-refractivity contribution in [2.24, 2.45) is 0 Å². The predicted molar refractivity (Wildman–Crippen MR) is 212 cm³/mol. The second kappa shape index (κ2) is 10.1. The van der Waals surface area contributed by atoms with Crippen molar-refractivity contribution >= 4 is 66.4 Å². The summed E-state index contributed by atoms with van der Waals surface area (Å²) in [7, 11) is 0. The summed E-state index contributed by atoms with van der Waals surface area (Å²) >= 11 is 0. The molecule has 0 spiro atoms. The highest BCUT2D eigenvalue weighted by molar-refractivity contribution is 6.12. The Balaban J connectivity index is 1.17. The maximum atomic E-state index is 6.32. The fourth-order valence-corrected chi connectivity index (χ4v) is 9.28. The average Bonchev–Trinajstić information content (AvgIpc) is 3.62. The normalized spacial score (nSPS) is 14.5. The van der Waals surface area contributed by atoms with Crippen molar-refractivity contribution in [2.45, 2.75) is 32.1 Å². The van der Waals surface area contributed by atoms with Gasteiger partial charge in [0.1, 0.15) is 11.2 Å². The summed E-state index contributed by atoms with van der Waals surface area (Å²) in [6.45, 7) is 4.77. The third kappa shape index (κ3) is 3.78. The standard InChI is InChI=1S/C49H34O/c1-49(2)43-23-22-30(24-40(43)41-25-32-28-46-42(26-31(32)27-44(41)49)34-15-9-10-21-45(34)50-46)47-36-16-5-7-18-38(36)48(39-19-8-6-17-37(39)47)35-20-11-13-29-12-3-4-14-33(29)35/h3-5,7,9-28H,6,8H2,1-2H3. The Morgan fingerprint density at radius 2 is 1.10 bits per heavy atom. The van der Waals surface area contributed by atoms with Gasteiger partial charge in [-0.3, -0.25) is 0 Å². The lowest BCUT2D eigenvalue weighted by molar-refractivity contribution is 0.661. The van der Waals surface area contributed by atoms with Gasteiger partial charge in [0.05, 0.1) is 0 Å². The highest BCUT2D eigenvalue weighted by atomic mass is 16.3. The highest BCUT2D eigenvalue weighted by Gasteiger charge is 2.36. The minimum absolute atomic E-state index is 0.107. The Kier molecular flexibility index (Phi) is 5.63. The third-order valence-electron chi connectivity index (χ3n) is 11.6. The zero-order valence-electron chi connectivity index (χ0n) is 28.2. The summed E-state index contributed by atoms with van der Waals surface area (Å²) in [5, 5.41) is 12.8. The third-order valence-corrected chi connectivity index (χ3v) is 11.6. The second-order valence-corrected chi connectivity index (χ2v) is 14.7. The van der Waals surface area contributed by atoms with Crippen LogP contribution in [0.1, 0.15) is 37.8 Å². The van der Waals surface area contributed by atoms with Crippen LogP contribution in [0.5, 0.6) is 0 Å². The van der Waals surface area contributed by atoms with Crippen LogP contribution in [-0.2, 0) is 5.41 Å². The molecule has 0 bridgehead atoms. The predicted octanol–water partition coefficient (Wildman–Crippen LogP) is 12.0. The maximum absolute atomic E-state index is 6.32. The molecule has 0 unspecified atom stereocenters. The number of hydrogen-bond acceptors (Lipinski definition) is 1. The Morgan fingerprint density at radius 3 is 1.94 bits per heavy atom. The molecule has 0 amide bonds. The summed E-state index contributed by atoms with van der Waals surface area (Å²) in [6.07, 6.45) is 7.08. The first kappa shape index (κ1) is 28.0. The van der Waals surface area contributed by atoms with Gasteiger partial charge in [0.2, 0.25) is 0 Å². The summed E-state index contributed by atoms with van der Waals surface area (Å²) in [4.78, 5) is 0. The molecule has 2 aliphatic rings. The number of hydrogen-bond donors (Lipinski definition) is 0. The quantitative estimate of drug-likeness (QED) is 0.184. The lowest BCUT2D eigenvalue weighted by Gasteiger charge is -2.22. The molecule has 0 fully saturated rings. The average molecular weight is 639 g/mol. The number of benzene rings is 8. The van der Waals surface area contributed by atoms with Crippen LogP contribution in [0, 0.1) is 0 Å². The van der Waals surface area contributed by atoms with Crippen LogP contribution in [0.4, 0.5) is 0 Å². The van der Waals surface area contributed by atoms with Gasteiger partial charge in [-0.15, -0.1) is 0 Å². The van der Waals surface area contributed by atoms with Gasteiger partial charge in [0.15, 0.2) is 0 Å². The molecule has 236 valence electrons. The van der Waals surface area contributed by atoms with Crippen LogP contribution >= 0.6 is 0 Å². The molecule has 2 aliphatic carbocycles. The van der Waals surface area contributed by atoms with Crippen LogP contribution < -0.4 is 10.4 Å². The van der Waals surface area contributed by atoms with E-state index < -0.39 is 0 Å². The van der Waals surface area contributed by atoms with E-state index in [4.69, 9.17) is 4.42 Å². The van der Waals surface area contributed by atoms with Gasteiger partial charge >= 0.3 is 0 Å². The van der Waals surface area contributed by atoms with Crippen molar-refractivity contribution in [3.63, 3.8) is 0 Å². The molecule has 1 heterocycles. The van der Waals surface area contributed by atoms with Gasteiger partial charge in [-0.1, -0.05) is 123 Å². The van der Waals surface area contributed by atoms with Crippen molar-refractivity contribution in [3.8, 4) is 33.4 Å². The minimum Gasteiger partial charge on any atom is -0.456 e.